The zero-order chi connectivity index (χ0) is 12.6. The highest BCUT2D eigenvalue weighted by Gasteiger charge is 2.31. The largest absolute Gasteiger partial charge is 0.478 e. The molecule has 0 saturated heterocycles. The van der Waals surface area contributed by atoms with Crippen LogP contribution in [0.25, 0.3) is 0 Å². The second-order valence-electron chi connectivity index (χ2n) is 5.15. The zero-order valence-corrected chi connectivity index (χ0v) is 10.8. The van der Waals surface area contributed by atoms with Crippen molar-refractivity contribution >= 4 is 11.6 Å². The van der Waals surface area contributed by atoms with Gasteiger partial charge in [-0.25, -0.2) is 0 Å². The lowest BCUT2D eigenvalue weighted by Crippen LogP contribution is -2.41. The van der Waals surface area contributed by atoms with Crippen LogP contribution in [0, 0.1) is 5.92 Å². The molecule has 1 heterocycles. The van der Waals surface area contributed by atoms with Crippen molar-refractivity contribution in [3.8, 4) is 5.75 Å². The molecule has 3 heteroatoms. The van der Waals surface area contributed by atoms with E-state index in [0.717, 1.165) is 17.0 Å². The van der Waals surface area contributed by atoms with E-state index in [4.69, 9.17) is 4.74 Å². The summed E-state index contributed by atoms with van der Waals surface area (Å²) in [5.74, 6) is 1.34. The third-order valence-electron chi connectivity index (χ3n) is 3.03. The van der Waals surface area contributed by atoms with E-state index in [9.17, 15) is 4.79 Å². The maximum Gasteiger partial charge on any atom is 0.265 e. The Labute approximate surface area is 102 Å². The number of para-hydroxylation sites is 1. The van der Waals surface area contributed by atoms with Gasteiger partial charge in [0.1, 0.15) is 5.75 Å². The van der Waals surface area contributed by atoms with Crippen molar-refractivity contribution < 1.29 is 9.53 Å². The summed E-state index contributed by atoms with van der Waals surface area (Å²) in [5.41, 5.74) is 1.94. The maximum absolute atomic E-state index is 11.8. The van der Waals surface area contributed by atoms with Crippen molar-refractivity contribution in [1.29, 1.82) is 0 Å². The molecule has 17 heavy (non-hydrogen) atoms. The average Bonchev–Trinajstić information content (AvgIpc) is 2.26. The molecule has 1 atom stereocenters. The fourth-order valence-electron chi connectivity index (χ4n) is 2.06. The molecule has 1 aromatic carbocycles. The minimum Gasteiger partial charge on any atom is -0.478 e. The van der Waals surface area contributed by atoms with E-state index in [1.807, 2.05) is 26.0 Å². The highest BCUT2D eigenvalue weighted by atomic mass is 16.5. The molecule has 2 rings (SSSR count). The molecular formula is C14H19NO2. The monoisotopic (exact) mass is 233 g/mol. The first kappa shape index (κ1) is 12.0. The molecule has 1 aliphatic heterocycles. The van der Waals surface area contributed by atoms with Crippen molar-refractivity contribution in [2.75, 3.05) is 5.32 Å². The van der Waals surface area contributed by atoms with Crippen molar-refractivity contribution in [2.24, 2.45) is 5.92 Å². The number of ether oxygens (including phenoxy) is 1. The fraction of sp³-hybridized carbons (Fsp3) is 0.500. The van der Waals surface area contributed by atoms with E-state index in [1.165, 1.54) is 0 Å². The Morgan fingerprint density at radius 3 is 2.53 bits per heavy atom. The van der Waals surface area contributed by atoms with Gasteiger partial charge in [-0.2, -0.15) is 0 Å². The fourth-order valence-corrected chi connectivity index (χ4v) is 2.06. The lowest BCUT2D eigenvalue weighted by atomic mass is 9.98. The highest BCUT2D eigenvalue weighted by molar-refractivity contribution is 5.98. The Bertz CT molecular complexity index is 438. The van der Waals surface area contributed by atoms with Gasteiger partial charge in [-0.3, -0.25) is 4.79 Å². The second kappa shape index (κ2) is 4.40. The molecule has 0 unspecified atom stereocenters. The van der Waals surface area contributed by atoms with Gasteiger partial charge in [0.2, 0.25) is 0 Å². The Balaban J connectivity index is 2.43. The van der Waals surface area contributed by atoms with Crippen molar-refractivity contribution in [1.82, 2.24) is 0 Å². The van der Waals surface area contributed by atoms with Crippen LogP contribution in [0.5, 0.6) is 5.75 Å². The summed E-state index contributed by atoms with van der Waals surface area (Å²) < 4.78 is 5.89. The van der Waals surface area contributed by atoms with Gasteiger partial charge in [0.05, 0.1) is 5.69 Å². The third kappa shape index (κ3) is 2.14. The molecule has 92 valence electrons. The standard InChI is InChI=1S/C14H19NO2/c1-8(2)10-6-5-7-11-13(10)17-12(9(3)4)14(16)15-11/h5-9,12H,1-4H3,(H,15,16)/t12-/m1/s1. The van der Waals surface area contributed by atoms with Gasteiger partial charge in [0.15, 0.2) is 6.10 Å². The number of nitrogens with one attached hydrogen (secondary N) is 1. The first-order chi connectivity index (χ1) is 8.00. The molecular weight excluding hydrogens is 214 g/mol. The van der Waals surface area contributed by atoms with Crippen molar-refractivity contribution in [3.63, 3.8) is 0 Å². The molecule has 0 aliphatic carbocycles. The molecule has 0 fully saturated rings. The van der Waals surface area contributed by atoms with Gasteiger partial charge in [-0.05, 0) is 23.5 Å². The first-order valence-corrected chi connectivity index (χ1v) is 6.11. The number of benzene rings is 1. The highest BCUT2D eigenvalue weighted by Crippen LogP contribution is 2.38. The van der Waals surface area contributed by atoms with Crippen LogP contribution in [0.2, 0.25) is 0 Å². The number of fused-ring (bicyclic) bond motifs is 1. The Hall–Kier alpha value is -1.51. The SMILES string of the molecule is CC(C)c1cccc2c1O[C@H](C(C)C)C(=O)N2. The number of anilines is 1. The second-order valence-corrected chi connectivity index (χ2v) is 5.15. The Kier molecular flexibility index (Phi) is 3.09. The number of carbonyl (C=O) groups is 1. The predicted octanol–water partition coefficient (Wildman–Crippen LogP) is 3.17. The number of carbonyl (C=O) groups excluding carboxylic acids is 1. The molecule has 1 aromatic rings. The quantitative estimate of drug-likeness (QED) is 0.852. The first-order valence-electron chi connectivity index (χ1n) is 6.11. The average molecular weight is 233 g/mol. The van der Waals surface area contributed by atoms with E-state index in [0.29, 0.717) is 5.92 Å². The van der Waals surface area contributed by atoms with Gasteiger partial charge < -0.3 is 10.1 Å². The topological polar surface area (TPSA) is 38.3 Å². The van der Waals surface area contributed by atoms with E-state index in [1.54, 1.807) is 0 Å². The van der Waals surface area contributed by atoms with Gasteiger partial charge in [-0.1, -0.05) is 39.8 Å². The van der Waals surface area contributed by atoms with E-state index in [-0.39, 0.29) is 17.9 Å². The van der Waals surface area contributed by atoms with Gasteiger partial charge >= 0.3 is 0 Å². The molecule has 0 spiro atoms. The molecule has 1 N–H and O–H groups in total. The Morgan fingerprint density at radius 2 is 1.94 bits per heavy atom. The predicted molar refractivity (Wildman–Crippen MR) is 68.4 cm³/mol. The van der Waals surface area contributed by atoms with E-state index < -0.39 is 0 Å². The Morgan fingerprint density at radius 1 is 1.24 bits per heavy atom. The summed E-state index contributed by atoms with van der Waals surface area (Å²) in [4.78, 5) is 11.8. The molecule has 1 amide bonds. The third-order valence-corrected chi connectivity index (χ3v) is 3.03. The maximum atomic E-state index is 11.8. The summed E-state index contributed by atoms with van der Waals surface area (Å²) in [5, 5.41) is 2.92. The molecule has 3 nitrogen and oxygen atoms in total. The van der Waals surface area contributed by atoms with Crippen LogP contribution in [0.3, 0.4) is 0 Å². The molecule has 0 bridgehead atoms. The summed E-state index contributed by atoms with van der Waals surface area (Å²) in [7, 11) is 0. The molecule has 0 aromatic heterocycles. The summed E-state index contributed by atoms with van der Waals surface area (Å²) in [6, 6.07) is 5.89. The van der Waals surface area contributed by atoms with Crippen LogP contribution < -0.4 is 10.1 Å². The number of amides is 1. The lowest BCUT2D eigenvalue weighted by molar-refractivity contribution is -0.125. The molecule has 1 aliphatic rings. The summed E-state index contributed by atoms with van der Waals surface area (Å²) >= 11 is 0. The van der Waals surface area contributed by atoms with Gasteiger partial charge in [0, 0.05) is 0 Å². The molecule has 0 radical (unpaired) electrons. The minimum atomic E-state index is -0.387. The lowest BCUT2D eigenvalue weighted by Gasteiger charge is -2.30. The number of rotatable bonds is 2. The van der Waals surface area contributed by atoms with Crippen molar-refractivity contribution in [3.05, 3.63) is 23.8 Å². The minimum absolute atomic E-state index is 0.0478. The van der Waals surface area contributed by atoms with Crippen molar-refractivity contribution in [2.45, 2.75) is 39.7 Å². The van der Waals surface area contributed by atoms with Gasteiger partial charge in [0.25, 0.3) is 5.91 Å². The van der Waals surface area contributed by atoms with Crippen LogP contribution in [-0.4, -0.2) is 12.0 Å². The van der Waals surface area contributed by atoms with Crippen LogP contribution >= 0.6 is 0 Å². The van der Waals surface area contributed by atoms with E-state index >= 15 is 0 Å². The van der Waals surface area contributed by atoms with Crippen LogP contribution in [0.15, 0.2) is 18.2 Å². The number of hydrogen-bond donors (Lipinski definition) is 1. The summed E-state index contributed by atoms with van der Waals surface area (Å²) in [6.07, 6.45) is -0.387. The zero-order valence-electron chi connectivity index (χ0n) is 10.8. The van der Waals surface area contributed by atoms with E-state index in [2.05, 4.69) is 25.2 Å². The summed E-state index contributed by atoms with van der Waals surface area (Å²) in [6.45, 7) is 8.24. The van der Waals surface area contributed by atoms with Crippen LogP contribution in [0.1, 0.15) is 39.2 Å². The van der Waals surface area contributed by atoms with Gasteiger partial charge in [-0.15, -0.1) is 0 Å². The van der Waals surface area contributed by atoms with Crippen LogP contribution in [-0.2, 0) is 4.79 Å². The molecule has 0 saturated carbocycles. The normalized spacial score (nSPS) is 18.9. The van der Waals surface area contributed by atoms with Crippen LogP contribution in [0.4, 0.5) is 5.69 Å². The smallest absolute Gasteiger partial charge is 0.265 e. The number of hydrogen-bond acceptors (Lipinski definition) is 2.